The number of hydrogen-bond donors (Lipinski definition) is 4. The van der Waals surface area contributed by atoms with E-state index < -0.39 is 33.3 Å². The molecule has 0 saturated carbocycles. The second-order valence-electron chi connectivity index (χ2n) is 6.36. The first-order valence-electron chi connectivity index (χ1n) is 9.31. The average molecular weight is 436 g/mol. The van der Waals surface area contributed by atoms with Crippen LogP contribution in [0.2, 0.25) is 0 Å². The molecule has 0 saturated heterocycles. The zero-order valence-corrected chi connectivity index (χ0v) is 17.3. The van der Waals surface area contributed by atoms with E-state index in [-0.39, 0.29) is 11.5 Å². The van der Waals surface area contributed by atoms with Crippen LogP contribution in [0.15, 0.2) is 48.5 Å². The minimum atomic E-state index is -2.97. The smallest absolute Gasteiger partial charge is 0.320 e. The number of rotatable bonds is 12. The summed E-state index contributed by atoms with van der Waals surface area (Å²) in [5, 5.41) is 23.6. The highest BCUT2D eigenvalue weighted by atomic mass is 31.1. The lowest BCUT2D eigenvalue weighted by molar-refractivity contribution is -0.123. The first kappa shape index (κ1) is 23.4. The minimum absolute atomic E-state index is 0.173. The van der Waals surface area contributed by atoms with E-state index >= 15 is 0 Å². The van der Waals surface area contributed by atoms with Gasteiger partial charge in [0.05, 0.1) is 0 Å². The van der Waals surface area contributed by atoms with Gasteiger partial charge in [0.15, 0.2) is 0 Å². The van der Waals surface area contributed by atoms with Crippen LogP contribution in [-0.4, -0.2) is 48.3 Å². The third-order valence-electron chi connectivity index (χ3n) is 3.99. The summed E-state index contributed by atoms with van der Waals surface area (Å²) in [5.41, 5.74) is 1.89. The molecule has 0 spiro atoms. The Morgan fingerprint density at radius 2 is 1.10 bits per heavy atom. The molecule has 162 valence electrons. The molecule has 4 N–H and O–H groups in total. The van der Waals surface area contributed by atoms with Crippen molar-refractivity contribution in [3.8, 4) is 11.5 Å². The van der Waals surface area contributed by atoms with Crippen LogP contribution in [0, 0.1) is 0 Å². The number of hydrogen-bond acceptors (Lipinski definition) is 7. The molecule has 2 aromatic carbocycles. The van der Waals surface area contributed by atoms with Gasteiger partial charge in [-0.3, -0.25) is 14.2 Å². The topological polar surface area (TPSA) is 134 Å². The number of aromatic hydroxyl groups is 2. The number of nitrogens with one attached hydrogen (secondary N) is 2. The van der Waals surface area contributed by atoms with E-state index in [0.717, 1.165) is 11.1 Å². The Balaban J connectivity index is 1.52. The normalized spacial score (nSPS) is 10.7. The molecule has 9 nitrogen and oxygen atoms in total. The van der Waals surface area contributed by atoms with Crippen LogP contribution in [0.4, 0.5) is 0 Å². The highest BCUT2D eigenvalue weighted by Crippen LogP contribution is 2.22. The third-order valence-corrected chi connectivity index (χ3v) is 4.75. The fourth-order valence-electron chi connectivity index (χ4n) is 2.41. The molecule has 0 aliphatic carbocycles. The molecular weight excluding hydrogens is 411 g/mol. The van der Waals surface area contributed by atoms with Gasteiger partial charge in [-0.25, -0.2) is 0 Å². The van der Waals surface area contributed by atoms with Crippen molar-refractivity contribution >= 4 is 20.1 Å². The SMILES string of the molecule is O=C(CO[PH](=O)OCC(=O)NCCc1ccc(O)cc1)NCCc1ccc(O)cc1. The number of carbonyl (C=O) groups is 2. The maximum absolute atomic E-state index is 11.7. The summed E-state index contributed by atoms with van der Waals surface area (Å²) in [7, 11) is -2.97. The van der Waals surface area contributed by atoms with Crippen molar-refractivity contribution < 1.29 is 33.4 Å². The largest absolute Gasteiger partial charge is 0.508 e. The second-order valence-corrected chi connectivity index (χ2v) is 7.44. The van der Waals surface area contributed by atoms with E-state index in [1.54, 1.807) is 48.5 Å². The lowest BCUT2D eigenvalue weighted by Gasteiger charge is -2.08. The molecule has 2 aromatic rings. The van der Waals surface area contributed by atoms with Gasteiger partial charge in [-0.15, -0.1) is 0 Å². The number of carbonyl (C=O) groups excluding carboxylic acids is 2. The first-order valence-corrected chi connectivity index (χ1v) is 10.5. The molecule has 0 heterocycles. The maximum atomic E-state index is 11.7. The molecule has 0 unspecified atom stereocenters. The van der Waals surface area contributed by atoms with Crippen molar-refractivity contribution in [1.82, 2.24) is 10.6 Å². The summed E-state index contributed by atoms with van der Waals surface area (Å²) in [5.74, 6) is -0.553. The molecule has 0 aromatic heterocycles. The fourth-order valence-corrected chi connectivity index (χ4v) is 2.99. The molecule has 0 fully saturated rings. The molecule has 0 radical (unpaired) electrons. The first-order chi connectivity index (χ1) is 14.4. The lowest BCUT2D eigenvalue weighted by Crippen LogP contribution is -2.29. The van der Waals surface area contributed by atoms with Crippen LogP contribution in [0.25, 0.3) is 0 Å². The number of phenolic OH excluding ortho intramolecular Hbond substituents is 2. The second kappa shape index (κ2) is 12.6. The molecular formula is C20H25N2O7P. The average Bonchev–Trinajstić information content (AvgIpc) is 2.73. The van der Waals surface area contributed by atoms with E-state index in [0.29, 0.717) is 25.9 Å². The minimum Gasteiger partial charge on any atom is -0.508 e. The van der Waals surface area contributed by atoms with Crippen LogP contribution in [-0.2, 0) is 36.0 Å². The van der Waals surface area contributed by atoms with Crippen LogP contribution in [0.5, 0.6) is 11.5 Å². The predicted molar refractivity (Wildman–Crippen MR) is 111 cm³/mol. The highest BCUT2D eigenvalue weighted by Gasteiger charge is 2.09. The van der Waals surface area contributed by atoms with Gasteiger partial charge < -0.3 is 29.9 Å². The quantitative estimate of drug-likeness (QED) is 0.371. The number of amides is 2. The lowest BCUT2D eigenvalue weighted by atomic mass is 10.1. The van der Waals surface area contributed by atoms with Crippen molar-refractivity contribution in [2.75, 3.05) is 26.3 Å². The van der Waals surface area contributed by atoms with Crippen LogP contribution in [0.1, 0.15) is 11.1 Å². The zero-order chi connectivity index (χ0) is 21.8. The Hall–Kier alpha value is -2.87. The summed E-state index contributed by atoms with van der Waals surface area (Å²) in [6.45, 7) is -0.151. The van der Waals surface area contributed by atoms with Gasteiger partial charge >= 0.3 is 8.25 Å². The van der Waals surface area contributed by atoms with Crippen molar-refractivity contribution in [3.05, 3.63) is 59.7 Å². The Morgan fingerprint density at radius 3 is 1.47 bits per heavy atom. The molecule has 2 rings (SSSR count). The Bertz CT molecular complexity index is 772. The van der Waals surface area contributed by atoms with Gasteiger partial charge in [0.1, 0.15) is 24.7 Å². The molecule has 0 aliphatic rings. The highest BCUT2D eigenvalue weighted by molar-refractivity contribution is 7.33. The van der Waals surface area contributed by atoms with E-state index in [1.165, 1.54) is 0 Å². The van der Waals surface area contributed by atoms with Gasteiger partial charge in [-0.05, 0) is 48.2 Å². The van der Waals surface area contributed by atoms with Gasteiger partial charge in [0, 0.05) is 13.1 Å². The summed E-state index contributed by atoms with van der Waals surface area (Å²) >= 11 is 0. The Kier molecular flexibility index (Phi) is 9.86. The standard InChI is InChI=1S/C20H25N2O7P/c23-17-5-1-15(2-6-17)9-11-21-19(25)13-28-30(27)29-14-20(26)22-12-10-16-3-7-18(24)8-4-16/h1-8,23-24,30H,9-14H2,(H,21,25)(H,22,26). The summed E-state index contributed by atoms with van der Waals surface area (Å²) in [4.78, 5) is 23.4. The monoisotopic (exact) mass is 436 g/mol. The Labute approximate surface area is 175 Å². The van der Waals surface area contributed by atoms with Crippen molar-refractivity contribution in [1.29, 1.82) is 0 Å². The fraction of sp³-hybridized carbons (Fsp3) is 0.300. The molecule has 10 heteroatoms. The van der Waals surface area contributed by atoms with Crippen LogP contribution < -0.4 is 10.6 Å². The van der Waals surface area contributed by atoms with Crippen molar-refractivity contribution in [3.63, 3.8) is 0 Å². The number of benzene rings is 2. The van der Waals surface area contributed by atoms with Gasteiger partial charge in [-0.2, -0.15) is 0 Å². The maximum Gasteiger partial charge on any atom is 0.320 e. The van der Waals surface area contributed by atoms with Crippen LogP contribution in [0.3, 0.4) is 0 Å². The number of phenols is 2. The summed E-state index contributed by atoms with van der Waals surface area (Å²) < 4.78 is 21.3. The molecule has 2 amide bonds. The zero-order valence-electron chi connectivity index (χ0n) is 16.3. The van der Waals surface area contributed by atoms with Crippen molar-refractivity contribution in [2.24, 2.45) is 0 Å². The van der Waals surface area contributed by atoms with Crippen LogP contribution >= 0.6 is 8.25 Å². The Morgan fingerprint density at radius 1 is 0.733 bits per heavy atom. The molecule has 0 bridgehead atoms. The third kappa shape index (κ3) is 9.56. The van der Waals surface area contributed by atoms with Gasteiger partial charge in [0.25, 0.3) is 0 Å². The predicted octanol–water partition coefficient (Wildman–Crippen LogP) is 1.54. The molecule has 30 heavy (non-hydrogen) atoms. The van der Waals surface area contributed by atoms with E-state index in [2.05, 4.69) is 10.6 Å². The van der Waals surface area contributed by atoms with E-state index in [4.69, 9.17) is 9.05 Å². The van der Waals surface area contributed by atoms with Crippen molar-refractivity contribution in [2.45, 2.75) is 12.8 Å². The van der Waals surface area contributed by atoms with Gasteiger partial charge in [-0.1, -0.05) is 24.3 Å². The van der Waals surface area contributed by atoms with E-state index in [9.17, 15) is 24.4 Å². The molecule has 0 atom stereocenters. The van der Waals surface area contributed by atoms with Gasteiger partial charge in [0.2, 0.25) is 11.8 Å². The molecule has 0 aliphatic heterocycles. The summed E-state index contributed by atoms with van der Waals surface area (Å²) in [6, 6.07) is 13.3. The van der Waals surface area contributed by atoms with E-state index in [1.807, 2.05) is 0 Å². The summed E-state index contributed by atoms with van der Waals surface area (Å²) in [6.07, 6.45) is 1.14.